The fourth-order valence-corrected chi connectivity index (χ4v) is 2.75. The molecule has 0 aliphatic heterocycles. The predicted molar refractivity (Wildman–Crippen MR) is 59.7 cm³/mol. The maximum Gasteiger partial charge on any atom is 1.00 e. The van der Waals surface area contributed by atoms with Crippen LogP contribution in [0.15, 0.2) is 18.2 Å². The monoisotopic (exact) mass is 280 g/mol. The molecule has 1 atom stereocenters. The van der Waals surface area contributed by atoms with Crippen molar-refractivity contribution in [3.05, 3.63) is 29.3 Å². The molecule has 5 nitrogen and oxygen atoms in total. The second-order valence-electron chi connectivity index (χ2n) is 4.21. The molecule has 1 N–H and O–H groups in total. The first-order chi connectivity index (χ1) is 7.86. The van der Waals surface area contributed by atoms with Crippen molar-refractivity contribution in [1.29, 1.82) is 0 Å². The van der Waals surface area contributed by atoms with E-state index in [0.29, 0.717) is 17.7 Å². The first-order valence-electron chi connectivity index (χ1n) is 5.19. The molecule has 0 bridgehead atoms. The molecule has 0 saturated carbocycles. The summed E-state index contributed by atoms with van der Waals surface area (Å²) < 4.78 is 38.1. The maximum atomic E-state index is 11.0. The first kappa shape index (κ1) is 15.9. The van der Waals surface area contributed by atoms with E-state index in [0.717, 1.165) is 5.56 Å². The Morgan fingerprint density at radius 3 is 2.61 bits per heavy atom. The zero-order chi connectivity index (χ0) is 12.7. The molecular weight excluding hydrogens is 267 g/mol. The molecule has 18 heavy (non-hydrogen) atoms. The average Bonchev–Trinajstić information content (AvgIpc) is 2.27. The van der Waals surface area contributed by atoms with E-state index in [2.05, 4.69) is 0 Å². The largest absolute Gasteiger partial charge is 1.00 e. The van der Waals surface area contributed by atoms with Gasteiger partial charge in [-0.15, -0.1) is 0 Å². The molecule has 0 aromatic heterocycles. The molecule has 1 aromatic rings. The Morgan fingerprint density at radius 2 is 2.06 bits per heavy atom. The summed E-state index contributed by atoms with van der Waals surface area (Å²) in [7, 11) is -3.16. The van der Waals surface area contributed by atoms with Gasteiger partial charge in [-0.3, -0.25) is 0 Å². The number of ether oxygens (including phenoxy) is 1. The molecule has 1 aliphatic rings. The summed E-state index contributed by atoms with van der Waals surface area (Å²) in [6.07, 6.45) is 0.127. The Bertz CT molecular complexity index is 542. The van der Waals surface area contributed by atoms with Crippen LogP contribution in [0, 0.1) is 0 Å². The molecule has 1 aromatic carbocycles. The van der Waals surface area contributed by atoms with Crippen LogP contribution < -0.4 is 34.3 Å². The molecule has 0 heterocycles. The molecule has 0 amide bonds. The third kappa shape index (κ3) is 2.89. The van der Waals surface area contributed by atoms with Gasteiger partial charge in [0.15, 0.2) is 4.93 Å². The van der Waals surface area contributed by atoms with Crippen LogP contribution in [0.5, 0.6) is 5.75 Å². The second-order valence-corrected chi connectivity index (χ2v) is 5.88. The Kier molecular flexibility index (Phi) is 4.86. The first-order valence-corrected chi connectivity index (χ1v) is 6.60. The summed E-state index contributed by atoms with van der Waals surface area (Å²) in [6, 6.07) is 5.16. The predicted octanol–water partition coefficient (Wildman–Crippen LogP) is -2.58. The van der Waals surface area contributed by atoms with Crippen LogP contribution in [-0.4, -0.2) is 30.1 Å². The van der Waals surface area contributed by atoms with Gasteiger partial charge in [-0.25, -0.2) is 8.42 Å². The summed E-state index contributed by atoms with van der Waals surface area (Å²) in [4.78, 5) is -2.17. The summed E-state index contributed by atoms with van der Waals surface area (Å²) in [6.45, 7) is 0. The fourth-order valence-electron chi connectivity index (χ4n) is 2.06. The third-order valence-corrected chi connectivity index (χ3v) is 4.41. The SMILES string of the molecule is COc1ccc2c(c1)CCC(O)(S(=O)(=O)[O-])C2.[Na+]. The Balaban J connectivity index is 0.00000162. The van der Waals surface area contributed by atoms with Crippen LogP contribution in [0.4, 0.5) is 0 Å². The van der Waals surface area contributed by atoms with E-state index >= 15 is 0 Å². The minimum atomic E-state index is -4.71. The van der Waals surface area contributed by atoms with Crippen LogP contribution in [0.3, 0.4) is 0 Å². The van der Waals surface area contributed by atoms with E-state index in [1.165, 1.54) is 0 Å². The van der Waals surface area contributed by atoms with E-state index in [1.807, 2.05) is 0 Å². The molecule has 7 heteroatoms. The number of fused-ring (bicyclic) bond motifs is 1. The van der Waals surface area contributed by atoms with Crippen LogP contribution in [0.1, 0.15) is 17.5 Å². The van der Waals surface area contributed by atoms with E-state index in [-0.39, 0.29) is 42.4 Å². The smallest absolute Gasteiger partial charge is 0.746 e. The van der Waals surface area contributed by atoms with Gasteiger partial charge >= 0.3 is 29.6 Å². The quantitative estimate of drug-likeness (QED) is 0.475. The molecule has 0 fully saturated rings. The maximum absolute atomic E-state index is 11.0. The Labute approximate surface area is 128 Å². The summed E-state index contributed by atoms with van der Waals surface area (Å²) in [5.41, 5.74) is 1.59. The number of benzene rings is 1. The minimum absolute atomic E-state index is 0. The number of aryl methyl sites for hydroxylation is 1. The standard InChI is InChI=1S/C11H14O5S.Na/c1-16-10-3-2-9-7-11(12,17(13,14)15)5-4-8(9)6-10;/h2-3,6,12H,4-5,7H2,1H3,(H,13,14,15);/q;+1/p-1. The van der Waals surface area contributed by atoms with Crippen molar-refractivity contribution in [3.63, 3.8) is 0 Å². The van der Waals surface area contributed by atoms with Gasteiger partial charge in [0.25, 0.3) is 0 Å². The fraction of sp³-hybridized carbons (Fsp3) is 0.455. The van der Waals surface area contributed by atoms with Crippen LogP contribution in [0.25, 0.3) is 0 Å². The normalized spacial score (nSPS) is 22.8. The van der Waals surface area contributed by atoms with Gasteiger partial charge in [0.1, 0.15) is 15.9 Å². The van der Waals surface area contributed by atoms with E-state index < -0.39 is 15.1 Å². The van der Waals surface area contributed by atoms with Crippen LogP contribution in [0.2, 0.25) is 0 Å². The Hall–Kier alpha value is -0.110. The summed E-state index contributed by atoms with van der Waals surface area (Å²) in [5, 5.41) is 9.85. The minimum Gasteiger partial charge on any atom is -0.746 e. The topological polar surface area (TPSA) is 86.7 Å². The average molecular weight is 280 g/mol. The molecule has 0 saturated heterocycles. The van der Waals surface area contributed by atoms with Gasteiger partial charge in [0.2, 0.25) is 0 Å². The molecule has 0 spiro atoms. The van der Waals surface area contributed by atoms with Crippen molar-refractivity contribution in [2.24, 2.45) is 0 Å². The number of hydrogen-bond acceptors (Lipinski definition) is 5. The van der Waals surface area contributed by atoms with Gasteiger partial charge in [-0.05, 0) is 36.1 Å². The zero-order valence-electron chi connectivity index (χ0n) is 10.3. The van der Waals surface area contributed by atoms with E-state index in [4.69, 9.17) is 4.74 Å². The van der Waals surface area contributed by atoms with Crippen molar-refractivity contribution < 1.29 is 52.4 Å². The molecule has 0 radical (unpaired) electrons. The zero-order valence-corrected chi connectivity index (χ0v) is 13.2. The van der Waals surface area contributed by atoms with Crippen molar-refractivity contribution in [2.75, 3.05) is 7.11 Å². The molecule has 94 valence electrons. The number of rotatable bonds is 2. The van der Waals surface area contributed by atoms with Gasteiger partial charge < -0.3 is 14.4 Å². The Morgan fingerprint density at radius 1 is 1.39 bits per heavy atom. The van der Waals surface area contributed by atoms with Crippen molar-refractivity contribution in [1.82, 2.24) is 0 Å². The van der Waals surface area contributed by atoms with Gasteiger partial charge in [-0.2, -0.15) is 0 Å². The van der Waals surface area contributed by atoms with Gasteiger partial charge in [0.05, 0.1) is 7.11 Å². The number of methoxy groups -OCH3 is 1. The second kappa shape index (κ2) is 5.48. The molecule has 1 aliphatic carbocycles. The van der Waals surface area contributed by atoms with Gasteiger partial charge in [0, 0.05) is 6.42 Å². The van der Waals surface area contributed by atoms with Crippen molar-refractivity contribution >= 4 is 10.1 Å². The van der Waals surface area contributed by atoms with Gasteiger partial charge in [-0.1, -0.05) is 6.07 Å². The van der Waals surface area contributed by atoms with E-state index in [9.17, 15) is 18.1 Å². The third-order valence-electron chi connectivity index (χ3n) is 3.13. The van der Waals surface area contributed by atoms with Crippen molar-refractivity contribution in [3.8, 4) is 5.75 Å². The number of aliphatic hydroxyl groups is 1. The number of hydrogen-bond donors (Lipinski definition) is 1. The summed E-state index contributed by atoms with van der Waals surface area (Å²) >= 11 is 0. The summed E-state index contributed by atoms with van der Waals surface area (Å²) in [5.74, 6) is 0.680. The molecular formula is C11H13NaO5S. The molecule has 2 rings (SSSR count). The van der Waals surface area contributed by atoms with Crippen molar-refractivity contribution in [2.45, 2.75) is 24.2 Å². The van der Waals surface area contributed by atoms with Crippen LogP contribution >= 0.6 is 0 Å². The molecule has 1 unspecified atom stereocenters. The van der Waals surface area contributed by atoms with E-state index in [1.54, 1.807) is 25.3 Å². The van der Waals surface area contributed by atoms with Crippen LogP contribution in [-0.2, 0) is 23.0 Å².